The van der Waals surface area contributed by atoms with Crippen molar-refractivity contribution in [3.63, 3.8) is 0 Å². The van der Waals surface area contributed by atoms with E-state index in [0.29, 0.717) is 12.5 Å². The molecule has 0 heterocycles. The Morgan fingerprint density at radius 1 is 1.25 bits per heavy atom. The highest BCUT2D eigenvalue weighted by molar-refractivity contribution is 5.76. The molecule has 0 radical (unpaired) electrons. The van der Waals surface area contributed by atoms with E-state index in [1.807, 2.05) is 0 Å². The summed E-state index contributed by atoms with van der Waals surface area (Å²) < 4.78 is 9.10. The van der Waals surface area contributed by atoms with Crippen molar-refractivity contribution in [2.24, 2.45) is 17.6 Å². The number of rotatable bonds is 7. The lowest BCUT2D eigenvalue weighted by Gasteiger charge is -2.15. The van der Waals surface area contributed by atoms with Crippen LogP contribution in [0.4, 0.5) is 0 Å². The highest BCUT2D eigenvalue weighted by atomic mass is 16.6. The third kappa shape index (κ3) is 7.23. The number of methoxy groups -OCH3 is 1. The fourth-order valence-electron chi connectivity index (χ4n) is 1.42. The molecule has 0 amide bonds. The molecule has 1 atom stereocenters. The molecule has 0 spiro atoms. The SMILES string of the molecule is COC(=O)COC(=O)C[C@@H](CN)CC(C)C. The van der Waals surface area contributed by atoms with Gasteiger partial charge in [0.25, 0.3) is 0 Å². The normalized spacial score (nSPS) is 12.3. The third-order valence-corrected chi connectivity index (χ3v) is 2.17. The van der Waals surface area contributed by atoms with Crippen molar-refractivity contribution in [1.29, 1.82) is 0 Å². The Morgan fingerprint density at radius 3 is 2.31 bits per heavy atom. The summed E-state index contributed by atoms with van der Waals surface area (Å²) in [5, 5.41) is 0. The number of ether oxygens (including phenoxy) is 2. The zero-order chi connectivity index (χ0) is 12.6. The largest absolute Gasteiger partial charge is 0.466 e. The molecule has 5 heteroatoms. The molecule has 0 saturated heterocycles. The Labute approximate surface area is 96.3 Å². The second kappa shape index (κ2) is 8.10. The Morgan fingerprint density at radius 2 is 1.88 bits per heavy atom. The molecule has 0 unspecified atom stereocenters. The van der Waals surface area contributed by atoms with Gasteiger partial charge in [-0.15, -0.1) is 0 Å². The zero-order valence-corrected chi connectivity index (χ0v) is 10.2. The first kappa shape index (κ1) is 14.9. The lowest BCUT2D eigenvalue weighted by molar-refractivity contribution is -0.157. The van der Waals surface area contributed by atoms with Crippen LogP contribution in [0.25, 0.3) is 0 Å². The maximum absolute atomic E-state index is 11.3. The number of hydrogen-bond acceptors (Lipinski definition) is 5. The van der Waals surface area contributed by atoms with Crippen LogP contribution in [-0.2, 0) is 19.1 Å². The lowest BCUT2D eigenvalue weighted by atomic mass is 9.94. The van der Waals surface area contributed by atoms with E-state index in [4.69, 9.17) is 10.5 Å². The van der Waals surface area contributed by atoms with Crippen LogP contribution in [-0.4, -0.2) is 32.2 Å². The summed E-state index contributed by atoms with van der Waals surface area (Å²) in [7, 11) is 1.25. The Balaban J connectivity index is 3.87. The van der Waals surface area contributed by atoms with E-state index >= 15 is 0 Å². The highest BCUT2D eigenvalue weighted by Gasteiger charge is 2.16. The summed E-state index contributed by atoms with van der Waals surface area (Å²) in [6, 6.07) is 0. The first-order valence-corrected chi connectivity index (χ1v) is 5.42. The predicted octanol–water partition coefficient (Wildman–Crippen LogP) is 0.714. The summed E-state index contributed by atoms with van der Waals surface area (Å²) in [5.74, 6) is -0.352. The maximum atomic E-state index is 11.3. The minimum Gasteiger partial charge on any atom is -0.466 e. The van der Waals surface area contributed by atoms with Crippen LogP contribution in [0.1, 0.15) is 26.7 Å². The molecule has 94 valence electrons. The summed E-state index contributed by atoms with van der Waals surface area (Å²) in [6.07, 6.45) is 1.13. The lowest BCUT2D eigenvalue weighted by Crippen LogP contribution is -2.23. The Bertz CT molecular complexity index is 228. The van der Waals surface area contributed by atoms with Gasteiger partial charge in [-0.05, 0) is 24.8 Å². The molecule has 0 fully saturated rings. The van der Waals surface area contributed by atoms with Crippen molar-refractivity contribution in [1.82, 2.24) is 0 Å². The van der Waals surface area contributed by atoms with Gasteiger partial charge in [0.2, 0.25) is 0 Å². The molecule has 0 aromatic carbocycles. The van der Waals surface area contributed by atoms with Crippen LogP contribution in [0.5, 0.6) is 0 Å². The predicted molar refractivity (Wildman–Crippen MR) is 59.6 cm³/mol. The molecule has 0 aliphatic rings. The van der Waals surface area contributed by atoms with Gasteiger partial charge in [0.05, 0.1) is 7.11 Å². The molecule has 0 aromatic rings. The fourth-order valence-corrected chi connectivity index (χ4v) is 1.42. The molecular weight excluding hydrogens is 210 g/mol. The second-order valence-electron chi connectivity index (χ2n) is 4.17. The highest BCUT2D eigenvalue weighted by Crippen LogP contribution is 2.14. The van der Waals surface area contributed by atoms with Crippen LogP contribution in [0.3, 0.4) is 0 Å². The van der Waals surface area contributed by atoms with Crippen molar-refractivity contribution in [3.05, 3.63) is 0 Å². The van der Waals surface area contributed by atoms with Crippen LogP contribution >= 0.6 is 0 Å². The Hall–Kier alpha value is -1.10. The van der Waals surface area contributed by atoms with Gasteiger partial charge in [-0.25, -0.2) is 4.79 Å². The van der Waals surface area contributed by atoms with E-state index in [1.165, 1.54) is 7.11 Å². The van der Waals surface area contributed by atoms with Gasteiger partial charge in [0.15, 0.2) is 6.61 Å². The van der Waals surface area contributed by atoms with E-state index in [1.54, 1.807) is 0 Å². The number of carbonyl (C=O) groups is 2. The summed E-state index contributed by atoms with van der Waals surface area (Å²) >= 11 is 0. The van der Waals surface area contributed by atoms with E-state index in [9.17, 15) is 9.59 Å². The number of hydrogen-bond donors (Lipinski definition) is 1. The summed E-state index contributed by atoms with van der Waals surface area (Å²) in [4.78, 5) is 22.1. The number of carbonyl (C=O) groups excluding carboxylic acids is 2. The summed E-state index contributed by atoms with van der Waals surface area (Å²) in [5.41, 5.74) is 5.55. The maximum Gasteiger partial charge on any atom is 0.344 e. The molecule has 0 aliphatic heterocycles. The van der Waals surface area contributed by atoms with Gasteiger partial charge in [0, 0.05) is 6.42 Å². The fraction of sp³-hybridized carbons (Fsp3) is 0.818. The molecular formula is C11H21NO4. The summed E-state index contributed by atoms with van der Waals surface area (Å²) in [6.45, 7) is 4.27. The van der Waals surface area contributed by atoms with Gasteiger partial charge in [-0.3, -0.25) is 4.79 Å². The van der Waals surface area contributed by atoms with Crippen LogP contribution in [0.15, 0.2) is 0 Å². The van der Waals surface area contributed by atoms with E-state index in [-0.39, 0.29) is 18.9 Å². The minimum atomic E-state index is -0.554. The van der Waals surface area contributed by atoms with Gasteiger partial charge in [-0.2, -0.15) is 0 Å². The molecule has 0 aromatic heterocycles. The van der Waals surface area contributed by atoms with Crippen molar-refractivity contribution >= 4 is 11.9 Å². The van der Waals surface area contributed by atoms with Gasteiger partial charge < -0.3 is 15.2 Å². The third-order valence-electron chi connectivity index (χ3n) is 2.17. The van der Waals surface area contributed by atoms with E-state index in [2.05, 4.69) is 18.6 Å². The van der Waals surface area contributed by atoms with Crippen molar-refractivity contribution in [2.45, 2.75) is 26.7 Å². The molecule has 0 saturated carbocycles. The van der Waals surface area contributed by atoms with Crippen LogP contribution < -0.4 is 5.73 Å². The number of esters is 2. The van der Waals surface area contributed by atoms with Crippen LogP contribution in [0.2, 0.25) is 0 Å². The van der Waals surface area contributed by atoms with Gasteiger partial charge in [-0.1, -0.05) is 13.8 Å². The van der Waals surface area contributed by atoms with E-state index in [0.717, 1.165) is 6.42 Å². The molecule has 0 bridgehead atoms. The van der Waals surface area contributed by atoms with Crippen molar-refractivity contribution < 1.29 is 19.1 Å². The average Bonchev–Trinajstić information content (AvgIpc) is 2.24. The van der Waals surface area contributed by atoms with Gasteiger partial charge in [0.1, 0.15) is 0 Å². The van der Waals surface area contributed by atoms with Crippen molar-refractivity contribution in [3.8, 4) is 0 Å². The standard InChI is InChI=1S/C11H21NO4/c1-8(2)4-9(6-12)5-10(13)16-7-11(14)15-3/h8-9H,4-7,12H2,1-3H3/t9-/m0/s1. The molecule has 0 rings (SSSR count). The molecule has 16 heavy (non-hydrogen) atoms. The van der Waals surface area contributed by atoms with Gasteiger partial charge >= 0.3 is 11.9 Å². The zero-order valence-electron chi connectivity index (χ0n) is 10.2. The topological polar surface area (TPSA) is 78.6 Å². The minimum absolute atomic E-state index is 0.116. The second-order valence-corrected chi connectivity index (χ2v) is 4.17. The van der Waals surface area contributed by atoms with Crippen molar-refractivity contribution in [2.75, 3.05) is 20.3 Å². The first-order chi connectivity index (χ1) is 7.49. The molecule has 5 nitrogen and oxygen atoms in total. The molecule has 0 aliphatic carbocycles. The monoisotopic (exact) mass is 231 g/mol. The average molecular weight is 231 g/mol. The van der Waals surface area contributed by atoms with Crippen LogP contribution in [0, 0.1) is 11.8 Å². The molecule has 2 N–H and O–H groups in total. The van der Waals surface area contributed by atoms with E-state index < -0.39 is 11.9 Å². The quantitative estimate of drug-likeness (QED) is 0.653. The number of nitrogens with two attached hydrogens (primary N) is 1. The Kier molecular flexibility index (Phi) is 7.54. The smallest absolute Gasteiger partial charge is 0.344 e. The first-order valence-electron chi connectivity index (χ1n) is 5.42.